The lowest BCUT2D eigenvalue weighted by atomic mass is 10.3. The lowest BCUT2D eigenvalue weighted by molar-refractivity contribution is -0.385. The van der Waals surface area contributed by atoms with E-state index in [1.54, 1.807) is 23.1 Å². The first kappa shape index (κ1) is 10.6. The summed E-state index contributed by atoms with van der Waals surface area (Å²) in [4.78, 5) is 13.8. The summed E-state index contributed by atoms with van der Waals surface area (Å²) >= 11 is 0. The number of nitro groups is 1. The molecule has 0 aliphatic rings. The van der Waals surface area contributed by atoms with Crippen LogP contribution in [-0.4, -0.2) is 14.6 Å². The molecule has 0 spiro atoms. The maximum absolute atomic E-state index is 10.6. The summed E-state index contributed by atoms with van der Waals surface area (Å²) in [6, 6.07) is 8.00. The molecule has 7 heteroatoms. The number of hydrogen-bond acceptors (Lipinski definition) is 5. The first-order valence-corrected chi connectivity index (χ1v) is 4.66. The summed E-state index contributed by atoms with van der Waals surface area (Å²) in [5, 5.41) is 19.4. The smallest absolute Gasteiger partial charge is 0.278 e. The molecule has 0 atom stereocenters. The molecule has 84 valence electrons. The van der Waals surface area contributed by atoms with Gasteiger partial charge >= 0.3 is 5.69 Å². The number of nitrogens with zero attached hydrogens (tertiary/aromatic N) is 4. The molecule has 2 heterocycles. The Labute approximate surface area is 96.1 Å². The Morgan fingerprint density at radius 3 is 2.71 bits per heavy atom. The van der Waals surface area contributed by atoms with Gasteiger partial charge in [-0.05, 0) is 18.2 Å². The minimum absolute atomic E-state index is 0.216. The molecule has 2 rings (SSSR count). The Hall–Kier alpha value is -2.88. The number of anilines is 1. The molecule has 0 radical (unpaired) electrons. The van der Waals surface area contributed by atoms with Crippen molar-refractivity contribution in [1.29, 1.82) is 5.26 Å². The van der Waals surface area contributed by atoms with Crippen molar-refractivity contribution in [2.75, 3.05) is 5.43 Å². The van der Waals surface area contributed by atoms with Crippen molar-refractivity contribution >= 4 is 11.5 Å². The van der Waals surface area contributed by atoms with Crippen LogP contribution >= 0.6 is 0 Å². The van der Waals surface area contributed by atoms with Gasteiger partial charge in [-0.15, -0.1) is 0 Å². The van der Waals surface area contributed by atoms with Crippen LogP contribution in [0.3, 0.4) is 0 Å². The highest BCUT2D eigenvalue weighted by Crippen LogP contribution is 2.17. The zero-order valence-corrected chi connectivity index (χ0v) is 8.57. The largest absolute Gasteiger partial charge is 0.305 e. The Bertz CT molecular complexity index is 585. The van der Waals surface area contributed by atoms with E-state index in [1.807, 2.05) is 12.1 Å². The zero-order chi connectivity index (χ0) is 12.3. The van der Waals surface area contributed by atoms with Gasteiger partial charge in [0.15, 0.2) is 0 Å². The summed E-state index contributed by atoms with van der Waals surface area (Å²) in [6.07, 6.45) is 3.49. The second kappa shape index (κ2) is 4.32. The third kappa shape index (κ3) is 2.21. The summed E-state index contributed by atoms with van der Waals surface area (Å²) in [6.45, 7) is 0. The van der Waals surface area contributed by atoms with E-state index in [1.165, 1.54) is 12.1 Å². The summed E-state index contributed by atoms with van der Waals surface area (Å²) in [5.74, 6) is 0.364. The molecule has 0 saturated carbocycles. The third-order valence-corrected chi connectivity index (χ3v) is 2.02. The van der Waals surface area contributed by atoms with Crippen molar-refractivity contribution in [3.05, 3.63) is 52.5 Å². The van der Waals surface area contributed by atoms with Gasteiger partial charge in [0.2, 0.25) is 5.69 Å². The van der Waals surface area contributed by atoms with E-state index in [0.29, 0.717) is 5.82 Å². The molecule has 2 aromatic heterocycles. The van der Waals surface area contributed by atoms with Crippen LogP contribution in [-0.2, 0) is 0 Å². The van der Waals surface area contributed by atoms with Gasteiger partial charge in [-0.25, -0.2) is 4.98 Å². The molecule has 0 aliphatic carbocycles. The monoisotopic (exact) mass is 229 g/mol. The van der Waals surface area contributed by atoms with E-state index < -0.39 is 4.92 Å². The minimum atomic E-state index is -0.634. The van der Waals surface area contributed by atoms with Crippen LogP contribution in [0.4, 0.5) is 11.5 Å². The lowest BCUT2D eigenvalue weighted by Crippen LogP contribution is -2.08. The molecule has 0 aromatic carbocycles. The molecule has 2 aromatic rings. The number of aromatic nitrogens is 2. The standard InChI is InChI=1S/C10H7N5O2/c11-7-8-9(15(16)17)3-4-10(12-8)13-14-5-1-2-6-14/h1-6H,(H,12,13). The van der Waals surface area contributed by atoms with Gasteiger partial charge in [0.25, 0.3) is 0 Å². The molecule has 0 unspecified atom stereocenters. The van der Waals surface area contributed by atoms with Crippen LogP contribution in [0.2, 0.25) is 0 Å². The van der Waals surface area contributed by atoms with Gasteiger partial charge in [-0.1, -0.05) is 0 Å². The maximum Gasteiger partial charge on any atom is 0.305 e. The van der Waals surface area contributed by atoms with Crippen molar-refractivity contribution in [3.8, 4) is 6.07 Å². The highest BCUT2D eigenvalue weighted by Gasteiger charge is 2.15. The van der Waals surface area contributed by atoms with E-state index in [2.05, 4.69) is 10.4 Å². The highest BCUT2D eigenvalue weighted by molar-refractivity contribution is 5.50. The summed E-state index contributed by atoms with van der Waals surface area (Å²) < 4.78 is 1.62. The van der Waals surface area contributed by atoms with E-state index in [4.69, 9.17) is 5.26 Å². The molecule has 0 fully saturated rings. The first-order chi connectivity index (χ1) is 8.20. The lowest BCUT2D eigenvalue weighted by Gasteiger charge is -2.06. The second-order valence-electron chi connectivity index (χ2n) is 3.14. The fourth-order valence-corrected chi connectivity index (χ4v) is 1.28. The topological polar surface area (TPSA) is 96.8 Å². The molecule has 0 amide bonds. The fraction of sp³-hybridized carbons (Fsp3) is 0. The van der Waals surface area contributed by atoms with Crippen LogP contribution in [0, 0.1) is 21.4 Å². The highest BCUT2D eigenvalue weighted by atomic mass is 16.6. The number of rotatable bonds is 3. The number of nitriles is 1. The number of nitrogens with one attached hydrogen (secondary N) is 1. The zero-order valence-electron chi connectivity index (χ0n) is 8.57. The average molecular weight is 229 g/mol. The Morgan fingerprint density at radius 1 is 1.41 bits per heavy atom. The van der Waals surface area contributed by atoms with Crippen LogP contribution in [0.25, 0.3) is 0 Å². The molecular weight excluding hydrogens is 222 g/mol. The molecule has 0 saturated heterocycles. The predicted molar refractivity (Wildman–Crippen MR) is 59.1 cm³/mol. The van der Waals surface area contributed by atoms with Crippen LogP contribution < -0.4 is 5.43 Å². The first-order valence-electron chi connectivity index (χ1n) is 4.66. The quantitative estimate of drug-likeness (QED) is 0.635. The normalized spacial score (nSPS) is 9.59. The van der Waals surface area contributed by atoms with E-state index in [9.17, 15) is 10.1 Å². The SMILES string of the molecule is N#Cc1nc(Nn2cccc2)ccc1[N+](=O)[O-]. The third-order valence-electron chi connectivity index (χ3n) is 2.02. The molecule has 0 bridgehead atoms. The minimum Gasteiger partial charge on any atom is -0.278 e. The summed E-state index contributed by atoms with van der Waals surface area (Å²) in [7, 11) is 0. The number of pyridine rings is 1. The van der Waals surface area contributed by atoms with Gasteiger partial charge in [0.1, 0.15) is 11.9 Å². The molecular formula is C10H7N5O2. The van der Waals surface area contributed by atoms with Crippen molar-refractivity contribution in [1.82, 2.24) is 9.66 Å². The van der Waals surface area contributed by atoms with Crippen LogP contribution in [0.5, 0.6) is 0 Å². The summed E-state index contributed by atoms with van der Waals surface area (Å²) in [5.41, 5.74) is 2.34. The number of hydrogen-bond donors (Lipinski definition) is 1. The Kier molecular flexibility index (Phi) is 2.70. The van der Waals surface area contributed by atoms with Gasteiger partial charge in [0.05, 0.1) is 4.92 Å². The van der Waals surface area contributed by atoms with Crippen molar-refractivity contribution in [3.63, 3.8) is 0 Å². The van der Waals surface area contributed by atoms with Crippen molar-refractivity contribution in [2.45, 2.75) is 0 Å². The molecule has 1 N–H and O–H groups in total. The van der Waals surface area contributed by atoms with E-state index >= 15 is 0 Å². The maximum atomic E-state index is 10.6. The van der Waals surface area contributed by atoms with Crippen molar-refractivity contribution < 1.29 is 4.92 Å². The molecule has 7 nitrogen and oxygen atoms in total. The van der Waals surface area contributed by atoms with Gasteiger partial charge in [-0.3, -0.25) is 20.2 Å². The van der Waals surface area contributed by atoms with Crippen molar-refractivity contribution in [2.24, 2.45) is 0 Å². The van der Waals surface area contributed by atoms with Gasteiger partial charge in [-0.2, -0.15) is 5.26 Å². The van der Waals surface area contributed by atoms with E-state index in [-0.39, 0.29) is 11.4 Å². The Morgan fingerprint density at radius 2 is 2.12 bits per heavy atom. The average Bonchev–Trinajstić information content (AvgIpc) is 2.81. The second-order valence-corrected chi connectivity index (χ2v) is 3.14. The molecule has 0 aliphatic heterocycles. The van der Waals surface area contributed by atoms with Gasteiger partial charge < -0.3 is 0 Å². The predicted octanol–water partition coefficient (Wildman–Crippen LogP) is 1.54. The fourth-order valence-electron chi connectivity index (χ4n) is 1.28. The Balaban J connectivity index is 2.33. The van der Waals surface area contributed by atoms with Crippen LogP contribution in [0.1, 0.15) is 5.69 Å². The molecule has 17 heavy (non-hydrogen) atoms. The van der Waals surface area contributed by atoms with Gasteiger partial charge in [0, 0.05) is 18.5 Å². The van der Waals surface area contributed by atoms with E-state index in [0.717, 1.165) is 0 Å². The van der Waals surface area contributed by atoms with Crippen LogP contribution in [0.15, 0.2) is 36.7 Å².